The summed E-state index contributed by atoms with van der Waals surface area (Å²) in [7, 11) is 0. The normalized spacial score (nSPS) is 9.62. The molecule has 0 amide bonds. The fourth-order valence-electron chi connectivity index (χ4n) is 1.18. The third kappa shape index (κ3) is 4.01. The summed E-state index contributed by atoms with van der Waals surface area (Å²) in [4.78, 5) is 11.2. The molecule has 1 aromatic rings. The van der Waals surface area contributed by atoms with E-state index in [0.717, 1.165) is 5.69 Å². The van der Waals surface area contributed by atoms with Crippen LogP contribution in [0.3, 0.4) is 0 Å². The van der Waals surface area contributed by atoms with E-state index in [4.69, 9.17) is 10.00 Å². The quantitative estimate of drug-likeness (QED) is 0.784. The van der Waals surface area contributed by atoms with Crippen molar-refractivity contribution in [2.24, 2.45) is 0 Å². The highest BCUT2D eigenvalue weighted by Crippen LogP contribution is 2.09. The molecule has 0 spiro atoms. The molecule has 0 radical (unpaired) electrons. The average molecular weight is 218 g/mol. The second-order valence-electron chi connectivity index (χ2n) is 3.58. The minimum atomic E-state index is -0.308. The lowest BCUT2D eigenvalue weighted by molar-refractivity contribution is -0.145. The average Bonchev–Trinajstić information content (AvgIpc) is 2.26. The molecule has 1 aromatic carbocycles. The van der Waals surface area contributed by atoms with E-state index < -0.39 is 0 Å². The maximum Gasteiger partial charge on any atom is 0.325 e. The molecule has 1 N–H and O–H groups in total. The molecule has 0 fully saturated rings. The molecule has 0 aliphatic rings. The molecule has 4 heteroatoms. The van der Waals surface area contributed by atoms with Gasteiger partial charge in [0.15, 0.2) is 0 Å². The van der Waals surface area contributed by atoms with Crippen LogP contribution in [0.1, 0.15) is 19.4 Å². The van der Waals surface area contributed by atoms with Crippen LogP contribution < -0.4 is 5.32 Å². The maximum atomic E-state index is 11.2. The largest absolute Gasteiger partial charge is 0.462 e. The molecule has 0 atom stereocenters. The highest BCUT2D eigenvalue weighted by atomic mass is 16.5. The van der Waals surface area contributed by atoms with Gasteiger partial charge in [0.25, 0.3) is 0 Å². The summed E-state index contributed by atoms with van der Waals surface area (Å²) in [5.41, 5.74) is 1.29. The zero-order chi connectivity index (χ0) is 12.0. The SMILES string of the molecule is CC(C)OC(=O)CNc1cccc(C#N)c1. The fraction of sp³-hybridized carbons (Fsp3) is 0.333. The Morgan fingerprint density at radius 2 is 2.31 bits per heavy atom. The maximum absolute atomic E-state index is 11.2. The lowest BCUT2D eigenvalue weighted by Gasteiger charge is -2.09. The predicted octanol–water partition coefficient (Wildman–Crippen LogP) is 1.92. The van der Waals surface area contributed by atoms with Gasteiger partial charge in [0.05, 0.1) is 17.7 Å². The summed E-state index contributed by atoms with van der Waals surface area (Å²) < 4.78 is 4.96. The number of benzene rings is 1. The first-order valence-electron chi connectivity index (χ1n) is 5.05. The van der Waals surface area contributed by atoms with Crippen molar-refractivity contribution in [1.29, 1.82) is 5.26 Å². The molecule has 16 heavy (non-hydrogen) atoms. The topological polar surface area (TPSA) is 62.1 Å². The van der Waals surface area contributed by atoms with Gasteiger partial charge in [0.2, 0.25) is 0 Å². The Balaban J connectivity index is 2.49. The molecule has 0 bridgehead atoms. The Morgan fingerprint density at radius 3 is 2.94 bits per heavy atom. The Morgan fingerprint density at radius 1 is 1.56 bits per heavy atom. The van der Waals surface area contributed by atoms with Crippen molar-refractivity contribution < 1.29 is 9.53 Å². The monoisotopic (exact) mass is 218 g/mol. The van der Waals surface area contributed by atoms with Gasteiger partial charge in [-0.2, -0.15) is 5.26 Å². The van der Waals surface area contributed by atoms with E-state index in [0.29, 0.717) is 5.56 Å². The lowest BCUT2D eigenvalue weighted by atomic mass is 10.2. The number of esters is 1. The third-order valence-corrected chi connectivity index (χ3v) is 1.80. The van der Waals surface area contributed by atoms with Crippen LogP contribution in [0, 0.1) is 11.3 Å². The molecule has 0 aliphatic carbocycles. The van der Waals surface area contributed by atoms with E-state index in [9.17, 15) is 4.79 Å². The van der Waals surface area contributed by atoms with Crippen molar-refractivity contribution in [1.82, 2.24) is 0 Å². The van der Waals surface area contributed by atoms with Crippen molar-refractivity contribution in [3.63, 3.8) is 0 Å². The smallest absolute Gasteiger partial charge is 0.325 e. The number of rotatable bonds is 4. The van der Waals surface area contributed by atoms with Gasteiger partial charge in [-0.15, -0.1) is 0 Å². The van der Waals surface area contributed by atoms with Crippen LogP contribution in [0.2, 0.25) is 0 Å². The number of hydrogen-bond donors (Lipinski definition) is 1. The summed E-state index contributed by atoms with van der Waals surface area (Å²) in [6.45, 7) is 3.70. The number of carbonyl (C=O) groups excluding carboxylic acids is 1. The zero-order valence-electron chi connectivity index (χ0n) is 9.36. The van der Waals surface area contributed by atoms with Crippen LogP contribution in [0.15, 0.2) is 24.3 Å². The summed E-state index contributed by atoms with van der Waals surface area (Å²) in [5.74, 6) is -0.308. The molecule has 0 saturated carbocycles. The molecule has 0 saturated heterocycles. The van der Waals surface area contributed by atoms with Gasteiger partial charge in [-0.3, -0.25) is 4.79 Å². The number of anilines is 1. The van der Waals surface area contributed by atoms with Crippen LogP contribution in [0.25, 0.3) is 0 Å². The van der Waals surface area contributed by atoms with Crippen molar-refractivity contribution in [2.75, 3.05) is 11.9 Å². The number of hydrogen-bond acceptors (Lipinski definition) is 4. The molecule has 0 unspecified atom stereocenters. The number of nitrogens with one attached hydrogen (secondary N) is 1. The van der Waals surface area contributed by atoms with E-state index >= 15 is 0 Å². The molecule has 0 aromatic heterocycles. The van der Waals surface area contributed by atoms with Gasteiger partial charge < -0.3 is 10.1 Å². The van der Waals surface area contributed by atoms with Crippen molar-refractivity contribution in [2.45, 2.75) is 20.0 Å². The van der Waals surface area contributed by atoms with Gasteiger partial charge in [0.1, 0.15) is 6.54 Å². The first-order chi connectivity index (χ1) is 7.61. The van der Waals surface area contributed by atoms with Gasteiger partial charge in [-0.1, -0.05) is 6.07 Å². The molecule has 4 nitrogen and oxygen atoms in total. The number of carbonyl (C=O) groups is 1. The van der Waals surface area contributed by atoms with Gasteiger partial charge in [0, 0.05) is 5.69 Å². The van der Waals surface area contributed by atoms with E-state index in [-0.39, 0.29) is 18.6 Å². The van der Waals surface area contributed by atoms with Crippen LogP contribution in [-0.2, 0) is 9.53 Å². The number of nitriles is 1. The molecule has 0 heterocycles. The third-order valence-electron chi connectivity index (χ3n) is 1.80. The molecular formula is C12H14N2O2. The molecular weight excluding hydrogens is 204 g/mol. The van der Waals surface area contributed by atoms with Gasteiger partial charge in [-0.05, 0) is 32.0 Å². The number of nitrogens with zero attached hydrogens (tertiary/aromatic N) is 1. The highest BCUT2D eigenvalue weighted by Gasteiger charge is 2.04. The fourth-order valence-corrected chi connectivity index (χ4v) is 1.18. The summed E-state index contributed by atoms with van der Waals surface area (Å²) in [5, 5.41) is 11.6. The van der Waals surface area contributed by atoms with E-state index in [2.05, 4.69) is 5.32 Å². The minimum absolute atomic E-state index is 0.104. The first-order valence-corrected chi connectivity index (χ1v) is 5.05. The number of ether oxygens (including phenoxy) is 1. The van der Waals surface area contributed by atoms with Crippen molar-refractivity contribution >= 4 is 11.7 Å². The van der Waals surface area contributed by atoms with Crippen LogP contribution in [0.4, 0.5) is 5.69 Å². The molecule has 1 rings (SSSR count). The lowest BCUT2D eigenvalue weighted by Crippen LogP contribution is -2.20. The standard InChI is InChI=1S/C12H14N2O2/c1-9(2)16-12(15)8-14-11-5-3-4-10(6-11)7-13/h3-6,9,14H,8H2,1-2H3. The minimum Gasteiger partial charge on any atom is -0.462 e. The summed E-state index contributed by atoms with van der Waals surface area (Å²) in [6, 6.07) is 8.97. The summed E-state index contributed by atoms with van der Waals surface area (Å²) >= 11 is 0. The van der Waals surface area contributed by atoms with Gasteiger partial charge in [-0.25, -0.2) is 0 Å². The first kappa shape index (κ1) is 12.1. The Labute approximate surface area is 94.8 Å². The van der Waals surface area contributed by atoms with E-state index in [1.54, 1.807) is 38.1 Å². The molecule has 0 aliphatic heterocycles. The van der Waals surface area contributed by atoms with Crippen LogP contribution >= 0.6 is 0 Å². The second-order valence-corrected chi connectivity index (χ2v) is 3.58. The van der Waals surface area contributed by atoms with Crippen molar-refractivity contribution in [3.8, 4) is 6.07 Å². The van der Waals surface area contributed by atoms with Crippen LogP contribution in [0.5, 0.6) is 0 Å². The second kappa shape index (κ2) is 5.76. The Hall–Kier alpha value is -2.02. The Bertz CT molecular complexity index is 408. The Kier molecular flexibility index (Phi) is 4.34. The zero-order valence-corrected chi connectivity index (χ0v) is 9.36. The summed E-state index contributed by atoms with van der Waals surface area (Å²) in [6.07, 6.45) is -0.111. The highest BCUT2D eigenvalue weighted by molar-refractivity contribution is 5.75. The van der Waals surface area contributed by atoms with Crippen LogP contribution in [-0.4, -0.2) is 18.6 Å². The molecule has 84 valence electrons. The van der Waals surface area contributed by atoms with E-state index in [1.807, 2.05) is 6.07 Å². The van der Waals surface area contributed by atoms with E-state index in [1.165, 1.54) is 0 Å². The van der Waals surface area contributed by atoms with Crippen molar-refractivity contribution in [3.05, 3.63) is 29.8 Å². The predicted molar refractivity (Wildman–Crippen MR) is 60.9 cm³/mol. The van der Waals surface area contributed by atoms with Gasteiger partial charge >= 0.3 is 5.97 Å².